The second-order valence-electron chi connectivity index (χ2n) is 10.1. The van der Waals surface area contributed by atoms with E-state index >= 15 is 0 Å². The first kappa shape index (κ1) is 34.6. The molecule has 13 heteroatoms. The molecule has 0 heterocycles. The summed E-state index contributed by atoms with van der Waals surface area (Å²) in [6, 6.07) is 23.9. The van der Waals surface area contributed by atoms with Crippen LogP contribution < -0.4 is 16.0 Å². The van der Waals surface area contributed by atoms with Crippen LogP contribution in [0.4, 0.5) is 18.0 Å². The fraction of sp³-hybridized carbons (Fsp3) is 0.312. The molecule has 0 aliphatic heterocycles. The number of amides is 4. The number of hydrogen-bond donors (Lipinski definition) is 4. The second kappa shape index (κ2) is 17.4. The molecule has 4 amide bonds. The quantitative estimate of drug-likeness (QED) is 0.204. The van der Waals surface area contributed by atoms with Gasteiger partial charge in [-0.3, -0.25) is 14.4 Å². The van der Waals surface area contributed by atoms with Gasteiger partial charge in [-0.05, 0) is 16.7 Å². The van der Waals surface area contributed by atoms with E-state index in [4.69, 9.17) is 4.74 Å². The summed E-state index contributed by atoms with van der Waals surface area (Å²) in [5.74, 6) is -2.90. The van der Waals surface area contributed by atoms with Crippen molar-refractivity contribution in [1.29, 1.82) is 0 Å². The number of aliphatic hydroxyl groups is 1. The van der Waals surface area contributed by atoms with Crippen molar-refractivity contribution in [3.05, 3.63) is 108 Å². The van der Waals surface area contributed by atoms with Gasteiger partial charge >= 0.3 is 12.3 Å². The SMILES string of the molecule is O=C(CCNC(=O)OCc1ccccc1)N[C@@H](CC(F)(F)F)C(=O)N(Cc1ccccc1)C[C@H](O)C(=O)NCc1ccccc1. The molecule has 0 radical (unpaired) electrons. The molecule has 2 atom stereocenters. The largest absolute Gasteiger partial charge is 0.445 e. The van der Waals surface area contributed by atoms with E-state index in [0.717, 1.165) is 16.0 Å². The van der Waals surface area contributed by atoms with E-state index in [1.165, 1.54) is 0 Å². The van der Waals surface area contributed by atoms with Gasteiger partial charge in [-0.15, -0.1) is 0 Å². The molecular weight excluding hydrogens is 593 g/mol. The minimum atomic E-state index is -4.84. The molecule has 0 saturated heterocycles. The van der Waals surface area contributed by atoms with Crippen molar-refractivity contribution in [2.75, 3.05) is 13.1 Å². The van der Waals surface area contributed by atoms with Crippen LogP contribution in [0.5, 0.6) is 0 Å². The van der Waals surface area contributed by atoms with Gasteiger partial charge in [0.1, 0.15) is 18.8 Å². The third kappa shape index (κ3) is 13.1. The number of carbonyl (C=O) groups excluding carboxylic acids is 4. The molecule has 3 rings (SSSR count). The number of alkyl carbamates (subject to hydrolysis) is 1. The predicted octanol–water partition coefficient (Wildman–Crippen LogP) is 3.45. The second-order valence-corrected chi connectivity index (χ2v) is 10.1. The Morgan fingerprint density at radius 1 is 0.800 bits per heavy atom. The van der Waals surface area contributed by atoms with Crippen LogP contribution in [0.2, 0.25) is 0 Å². The molecule has 3 aromatic rings. The van der Waals surface area contributed by atoms with E-state index in [-0.39, 0.29) is 26.2 Å². The number of ether oxygens (including phenoxy) is 1. The maximum atomic E-state index is 13.5. The van der Waals surface area contributed by atoms with Crippen LogP contribution in [0.25, 0.3) is 0 Å². The van der Waals surface area contributed by atoms with Crippen molar-refractivity contribution in [3.63, 3.8) is 0 Å². The molecule has 45 heavy (non-hydrogen) atoms. The lowest BCUT2D eigenvalue weighted by Gasteiger charge is -2.30. The monoisotopic (exact) mass is 628 g/mol. The van der Waals surface area contributed by atoms with E-state index < -0.39 is 61.5 Å². The fourth-order valence-corrected chi connectivity index (χ4v) is 4.20. The highest BCUT2D eigenvalue weighted by Crippen LogP contribution is 2.23. The van der Waals surface area contributed by atoms with Crippen molar-refractivity contribution in [2.24, 2.45) is 0 Å². The number of hydrogen-bond acceptors (Lipinski definition) is 6. The Bertz CT molecular complexity index is 1380. The Balaban J connectivity index is 1.63. The first-order chi connectivity index (χ1) is 21.5. The molecule has 0 bridgehead atoms. The minimum absolute atomic E-state index is 0.0194. The van der Waals surface area contributed by atoms with Crippen molar-refractivity contribution in [3.8, 4) is 0 Å². The number of halogens is 3. The first-order valence-corrected chi connectivity index (χ1v) is 14.1. The smallest absolute Gasteiger partial charge is 0.407 e. The molecule has 240 valence electrons. The van der Waals surface area contributed by atoms with Crippen molar-refractivity contribution >= 4 is 23.8 Å². The van der Waals surface area contributed by atoms with Gasteiger partial charge in [-0.2, -0.15) is 13.2 Å². The Morgan fingerprint density at radius 2 is 1.36 bits per heavy atom. The van der Waals surface area contributed by atoms with Crippen molar-refractivity contribution in [2.45, 2.75) is 50.9 Å². The van der Waals surface area contributed by atoms with E-state index in [1.54, 1.807) is 91.0 Å². The van der Waals surface area contributed by atoms with E-state index in [0.29, 0.717) is 5.56 Å². The highest BCUT2D eigenvalue weighted by atomic mass is 19.4. The van der Waals surface area contributed by atoms with Crippen molar-refractivity contribution < 1.29 is 42.2 Å². The molecule has 4 N–H and O–H groups in total. The maximum absolute atomic E-state index is 13.5. The van der Waals surface area contributed by atoms with E-state index in [1.807, 2.05) is 0 Å². The summed E-state index contributed by atoms with van der Waals surface area (Å²) in [6.07, 6.45) is -9.56. The molecule has 10 nitrogen and oxygen atoms in total. The van der Waals surface area contributed by atoms with Crippen LogP contribution in [-0.2, 0) is 38.8 Å². The Morgan fingerprint density at radius 3 is 1.93 bits per heavy atom. The van der Waals surface area contributed by atoms with Crippen LogP contribution >= 0.6 is 0 Å². The summed E-state index contributed by atoms with van der Waals surface area (Å²) >= 11 is 0. The molecule has 0 unspecified atom stereocenters. The highest BCUT2D eigenvalue weighted by Gasteiger charge is 2.38. The minimum Gasteiger partial charge on any atom is -0.445 e. The van der Waals surface area contributed by atoms with Gasteiger partial charge in [0.25, 0.3) is 5.91 Å². The summed E-state index contributed by atoms with van der Waals surface area (Å²) in [5.41, 5.74) is 2.01. The maximum Gasteiger partial charge on any atom is 0.407 e. The zero-order chi connectivity index (χ0) is 32.7. The average Bonchev–Trinajstić information content (AvgIpc) is 3.02. The number of aliphatic hydroxyl groups excluding tert-OH is 1. The number of nitrogens with zero attached hydrogens (tertiary/aromatic N) is 1. The fourth-order valence-electron chi connectivity index (χ4n) is 4.20. The molecule has 0 saturated carbocycles. The lowest BCUT2D eigenvalue weighted by atomic mass is 10.1. The summed E-state index contributed by atoms with van der Waals surface area (Å²) in [7, 11) is 0. The molecule has 3 aromatic carbocycles. The van der Waals surface area contributed by atoms with Gasteiger partial charge < -0.3 is 30.7 Å². The normalized spacial score (nSPS) is 12.4. The van der Waals surface area contributed by atoms with Crippen LogP contribution in [-0.4, -0.2) is 65.2 Å². The number of benzene rings is 3. The standard InChI is InChI=1S/C32H35F3N4O6/c33-32(34,35)18-26(38-28(41)16-17-36-31(44)45-22-25-14-8-3-9-15-25)30(43)39(20-24-12-6-2-7-13-24)21-27(40)29(42)37-19-23-10-4-1-5-11-23/h1-15,26-27,40H,16-22H2,(H,36,44)(H,37,42)(H,38,41)/t26-,27-/m0/s1. The predicted molar refractivity (Wildman–Crippen MR) is 158 cm³/mol. The average molecular weight is 629 g/mol. The number of alkyl halides is 3. The molecular formula is C32H35F3N4O6. The lowest BCUT2D eigenvalue weighted by molar-refractivity contribution is -0.157. The molecule has 0 fully saturated rings. The van der Waals surface area contributed by atoms with Crippen molar-refractivity contribution in [1.82, 2.24) is 20.9 Å². The number of rotatable bonds is 15. The summed E-state index contributed by atoms with van der Waals surface area (Å²) < 4.78 is 45.6. The third-order valence-corrected chi connectivity index (χ3v) is 6.44. The summed E-state index contributed by atoms with van der Waals surface area (Å²) in [4.78, 5) is 51.5. The highest BCUT2D eigenvalue weighted by molar-refractivity contribution is 5.88. The summed E-state index contributed by atoms with van der Waals surface area (Å²) in [6.45, 7) is -1.06. The first-order valence-electron chi connectivity index (χ1n) is 14.1. The number of carbonyl (C=O) groups is 4. The van der Waals surface area contributed by atoms with Gasteiger partial charge in [-0.1, -0.05) is 91.0 Å². The third-order valence-electron chi connectivity index (χ3n) is 6.44. The van der Waals surface area contributed by atoms with E-state index in [9.17, 15) is 37.5 Å². The molecule has 0 aliphatic carbocycles. The summed E-state index contributed by atoms with van der Waals surface area (Å²) in [5, 5.41) is 17.6. The van der Waals surface area contributed by atoms with Crippen LogP contribution in [0.3, 0.4) is 0 Å². The number of nitrogens with one attached hydrogen (secondary N) is 3. The lowest BCUT2D eigenvalue weighted by Crippen LogP contribution is -2.53. The van der Waals surface area contributed by atoms with Gasteiger partial charge in [-0.25, -0.2) is 4.79 Å². The van der Waals surface area contributed by atoms with Crippen LogP contribution in [0.1, 0.15) is 29.5 Å². The van der Waals surface area contributed by atoms with E-state index in [2.05, 4.69) is 16.0 Å². The van der Waals surface area contributed by atoms with Gasteiger partial charge in [0, 0.05) is 26.1 Å². The zero-order valence-corrected chi connectivity index (χ0v) is 24.3. The van der Waals surface area contributed by atoms with Gasteiger partial charge in [0.2, 0.25) is 11.8 Å². The zero-order valence-electron chi connectivity index (χ0n) is 24.3. The molecule has 0 aromatic heterocycles. The van der Waals surface area contributed by atoms with Crippen LogP contribution in [0, 0.1) is 0 Å². The Kier molecular flexibility index (Phi) is 13.4. The van der Waals surface area contributed by atoms with Gasteiger partial charge in [0.15, 0.2) is 0 Å². The molecule has 0 aliphatic rings. The topological polar surface area (TPSA) is 137 Å². The molecule has 0 spiro atoms. The van der Waals surface area contributed by atoms with Gasteiger partial charge in [0.05, 0.1) is 13.0 Å². The Labute approximate surface area is 258 Å². The Hall–Kier alpha value is -4.91. The van der Waals surface area contributed by atoms with Crippen LogP contribution in [0.15, 0.2) is 91.0 Å².